The molecule has 0 bridgehead atoms. The molecule has 1 aromatic heterocycles. The van der Waals surface area contributed by atoms with Crippen molar-refractivity contribution in [3.8, 4) is 5.69 Å². The van der Waals surface area contributed by atoms with Gasteiger partial charge in [-0.05, 0) is 31.0 Å². The SMILES string of the molecule is CCC(O)c1cn(-c2ccc(C)c(C(F)(F)F)c2)nn1. The fraction of sp³-hybridized carbons (Fsp3) is 0.385. The van der Waals surface area contributed by atoms with E-state index in [1.165, 1.54) is 29.9 Å². The van der Waals surface area contributed by atoms with Crippen molar-refractivity contribution in [3.05, 3.63) is 41.2 Å². The first kappa shape index (κ1) is 14.5. The van der Waals surface area contributed by atoms with E-state index < -0.39 is 17.8 Å². The van der Waals surface area contributed by atoms with Crippen LogP contribution in [0.3, 0.4) is 0 Å². The third-order valence-electron chi connectivity index (χ3n) is 3.03. The maximum absolute atomic E-state index is 12.8. The van der Waals surface area contributed by atoms with Crippen LogP contribution < -0.4 is 0 Å². The van der Waals surface area contributed by atoms with E-state index in [-0.39, 0.29) is 11.3 Å². The highest BCUT2D eigenvalue weighted by molar-refractivity contribution is 5.41. The summed E-state index contributed by atoms with van der Waals surface area (Å²) in [7, 11) is 0. The summed E-state index contributed by atoms with van der Waals surface area (Å²) in [5.74, 6) is 0. The fourth-order valence-corrected chi connectivity index (χ4v) is 1.82. The number of aliphatic hydroxyl groups is 1. The molecule has 0 aliphatic rings. The van der Waals surface area contributed by atoms with E-state index >= 15 is 0 Å². The molecule has 0 aliphatic heterocycles. The molecule has 0 aliphatic carbocycles. The number of rotatable bonds is 3. The van der Waals surface area contributed by atoms with Gasteiger partial charge in [0, 0.05) is 0 Å². The number of hydrogen-bond donors (Lipinski definition) is 1. The van der Waals surface area contributed by atoms with Gasteiger partial charge in [-0.15, -0.1) is 5.10 Å². The highest BCUT2D eigenvalue weighted by atomic mass is 19.4. The Morgan fingerprint density at radius 3 is 2.65 bits per heavy atom. The maximum Gasteiger partial charge on any atom is 0.416 e. The lowest BCUT2D eigenvalue weighted by Crippen LogP contribution is -2.09. The molecule has 0 saturated carbocycles. The Hall–Kier alpha value is -1.89. The van der Waals surface area contributed by atoms with Gasteiger partial charge in [-0.2, -0.15) is 13.2 Å². The molecule has 2 aromatic rings. The van der Waals surface area contributed by atoms with E-state index in [0.717, 1.165) is 6.07 Å². The number of aliphatic hydroxyl groups excluding tert-OH is 1. The van der Waals surface area contributed by atoms with Crippen molar-refractivity contribution in [2.45, 2.75) is 32.5 Å². The topological polar surface area (TPSA) is 50.9 Å². The van der Waals surface area contributed by atoms with Crippen molar-refractivity contribution >= 4 is 0 Å². The van der Waals surface area contributed by atoms with Crippen molar-refractivity contribution in [2.24, 2.45) is 0 Å². The third-order valence-corrected chi connectivity index (χ3v) is 3.03. The van der Waals surface area contributed by atoms with E-state index in [4.69, 9.17) is 0 Å². The van der Waals surface area contributed by atoms with Gasteiger partial charge in [0.25, 0.3) is 0 Å². The first-order valence-corrected chi connectivity index (χ1v) is 6.11. The molecular formula is C13H14F3N3O. The van der Waals surface area contributed by atoms with Gasteiger partial charge < -0.3 is 5.11 Å². The zero-order valence-corrected chi connectivity index (χ0v) is 11.0. The number of hydrogen-bond acceptors (Lipinski definition) is 3. The van der Waals surface area contributed by atoms with Crippen LogP contribution in [0, 0.1) is 6.92 Å². The summed E-state index contributed by atoms with van der Waals surface area (Å²) in [5.41, 5.74) is 0.0323. The van der Waals surface area contributed by atoms with Gasteiger partial charge in [0.05, 0.1) is 23.6 Å². The maximum atomic E-state index is 12.8. The number of halogens is 3. The molecule has 0 amide bonds. The Morgan fingerprint density at radius 2 is 2.05 bits per heavy atom. The number of aromatic nitrogens is 3. The molecule has 0 fully saturated rings. The summed E-state index contributed by atoms with van der Waals surface area (Å²) >= 11 is 0. The average molecular weight is 285 g/mol. The molecule has 108 valence electrons. The van der Waals surface area contributed by atoms with Crippen LogP contribution in [0.15, 0.2) is 24.4 Å². The zero-order valence-electron chi connectivity index (χ0n) is 11.0. The molecule has 7 heteroatoms. The molecular weight excluding hydrogens is 271 g/mol. The molecule has 0 saturated heterocycles. The van der Waals surface area contributed by atoms with Crippen molar-refractivity contribution in [3.63, 3.8) is 0 Å². The first-order valence-electron chi connectivity index (χ1n) is 6.11. The van der Waals surface area contributed by atoms with Crippen molar-refractivity contribution in [2.75, 3.05) is 0 Å². The van der Waals surface area contributed by atoms with Crippen molar-refractivity contribution in [1.82, 2.24) is 15.0 Å². The van der Waals surface area contributed by atoms with E-state index in [1.807, 2.05) is 0 Å². The second-order valence-electron chi connectivity index (χ2n) is 4.51. The minimum absolute atomic E-state index is 0.148. The van der Waals surface area contributed by atoms with Crippen LogP contribution in [0.25, 0.3) is 5.69 Å². The summed E-state index contributed by atoms with van der Waals surface area (Å²) in [6.45, 7) is 3.18. The molecule has 1 heterocycles. The van der Waals surface area contributed by atoms with Crippen LogP contribution in [-0.2, 0) is 6.18 Å². The van der Waals surface area contributed by atoms with Gasteiger partial charge in [-0.1, -0.05) is 18.2 Å². The Balaban J connectivity index is 2.41. The smallest absolute Gasteiger partial charge is 0.387 e. The van der Waals surface area contributed by atoms with E-state index in [2.05, 4.69) is 10.3 Å². The highest BCUT2D eigenvalue weighted by Gasteiger charge is 2.32. The lowest BCUT2D eigenvalue weighted by atomic mass is 10.1. The molecule has 4 nitrogen and oxygen atoms in total. The molecule has 1 atom stereocenters. The summed E-state index contributed by atoms with van der Waals surface area (Å²) < 4.78 is 39.8. The quantitative estimate of drug-likeness (QED) is 0.943. The summed E-state index contributed by atoms with van der Waals surface area (Å²) in [6.07, 6.45) is -3.29. The molecule has 0 radical (unpaired) electrons. The van der Waals surface area contributed by atoms with Crippen LogP contribution in [0.2, 0.25) is 0 Å². The lowest BCUT2D eigenvalue weighted by molar-refractivity contribution is -0.138. The predicted octanol–water partition coefficient (Wildman–Crippen LogP) is 3.04. The zero-order chi connectivity index (χ0) is 14.9. The molecule has 0 spiro atoms. The second-order valence-corrected chi connectivity index (χ2v) is 4.51. The first-order chi connectivity index (χ1) is 9.32. The largest absolute Gasteiger partial charge is 0.416 e. The third kappa shape index (κ3) is 2.82. The highest BCUT2D eigenvalue weighted by Crippen LogP contribution is 2.33. The molecule has 20 heavy (non-hydrogen) atoms. The van der Waals surface area contributed by atoms with Gasteiger partial charge in [-0.3, -0.25) is 0 Å². The Labute approximate surface area is 113 Å². The number of aryl methyl sites for hydroxylation is 1. The summed E-state index contributed by atoms with van der Waals surface area (Å²) in [5, 5.41) is 17.1. The second kappa shape index (κ2) is 5.24. The normalized spacial score (nSPS) is 13.5. The summed E-state index contributed by atoms with van der Waals surface area (Å²) in [4.78, 5) is 0. The Bertz CT molecular complexity index is 607. The van der Waals surface area contributed by atoms with Crippen molar-refractivity contribution in [1.29, 1.82) is 0 Å². The lowest BCUT2D eigenvalue weighted by Gasteiger charge is -2.11. The molecule has 1 aromatic carbocycles. The monoisotopic (exact) mass is 285 g/mol. The molecule has 2 rings (SSSR count). The van der Waals surface area contributed by atoms with Crippen LogP contribution >= 0.6 is 0 Å². The fourth-order valence-electron chi connectivity index (χ4n) is 1.82. The molecule has 1 unspecified atom stereocenters. The van der Waals surface area contributed by atoms with Gasteiger partial charge >= 0.3 is 6.18 Å². The van der Waals surface area contributed by atoms with Crippen LogP contribution in [0.4, 0.5) is 13.2 Å². The van der Waals surface area contributed by atoms with E-state index in [9.17, 15) is 18.3 Å². The minimum atomic E-state index is -4.41. The molecule has 1 N–H and O–H groups in total. The Kier molecular flexibility index (Phi) is 3.80. The van der Waals surface area contributed by atoms with Crippen LogP contribution in [0.5, 0.6) is 0 Å². The minimum Gasteiger partial charge on any atom is -0.387 e. The van der Waals surface area contributed by atoms with Crippen molar-refractivity contribution < 1.29 is 18.3 Å². The van der Waals surface area contributed by atoms with Gasteiger partial charge in [-0.25, -0.2) is 4.68 Å². The standard InChI is InChI=1S/C13H14F3N3O/c1-3-12(20)11-7-19(18-17-11)9-5-4-8(2)10(6-9)13(14,15)16/h4-7,12,20H,3H2,1-2H3. The Morgan fingerprint density at radius 1 is 1.35 bits per heavy atom. The number of benzene rings is 1. The van der Waals surface area contributed by atoms with Crippen LogP contribution in [-0.4, -0.2) is 20.1 Å². The van der Waals surface area contributed by atoms with Gasteiger partial charge in [0.1, 0.15) is 5.69 Å². The number of alkyl halides is 3. The predicted molar refractivity (Wildman–Crippen MR) is 66.3 cm³/mol. The van der Waals surface area contributed by atoms with E-state index in [0.29, 0.717) is 12.1 Å². The number of nitrogens with zero attached hydrogens (tertiary/aromatic N) is 3. The summed E-state index contributed by atoms with van der Waals surface area (Å²) in [6, 6.07) is 3.93. The van der Waals surface area contributed by atoms with Gasteiger partial charge in [0.15, 0.2) is 0 Å². The van der Waals surface area contributed by atoms with Crippen LogP contribution in [0.1, 0.15) is 36.3 Å². The average Bonchev–Trinajstić information content (AvgIpc) is 2.86. The van der Waals surface area contributed by atoms with E-state index in [1.54, 1.807) is 6.92 Å². The van der Waals surface area contributed by atoms with Gasteiger partial charge in [0.2, 0.25) is 0 Å².